The van der Waals surface area contributed by atoms with E-state index >= 15 is 0 Å². The van der Waals surface area contributed by atoms with Crippen molar-refractivity contribution in [3.63, 3.8) is 0 Å². The minimum atomic E-state index is -3.70. The first-order chi connectivity index (χ1) is 12.8. The molecule has 2 N–H and O–H groups in total. The zero-order chi connectivity index (χ0) is 19.2. The molecular formula is C18H21IN4O3S. The lowest BCUT2D eigenvalue weighted by atomic mass is 9.80. The van der Waals surface area contributed by atoms with Crippen LogP contribution in [0.15, 0.2) is 35.5 Å². The number of fused-ring (bicyclic) bond motifs is 1. The average Bonchev–Trinajstić information content (AvgIpc) is 2.92. The van der Waals surface area contributed by atoms with Gasteiger partial charge in [-0.3, -0.25) is 4.18 Å². The van der Waals surface area contributed by atoms with Crippen LogP contribution in [0.25, 0.3) is 0 Å². The third-order valence-corrected chi connectivity index (χ3v) is 7.57. The Hall–Kier alpha value is -1.46. The number of halogens is 1. The van der Waals surface area contributed by atoms with Crippen LogP contribution in [-0.2, 0) is 14.3 Å². The van der Waals surface area contributed by atoms with Crippen molar-refractivity contribution in [1.82, 2.24) is 9.97 Å². The number of benzene rings is 1. The number of nitrogens with zero attached hydrogens (tertiary/aromatic N) is 3. The second kappa shape index (κ2) is 7.17. The Kier molecular flexibility index (Phi) is 5.02. The molecule has 0 saturated heterocycles. The number of hydrogen-bond donors (Lipinski definition) is 1. The van der Waals surface area contributed by atoms with E-state index in [9.17, 15) is 8.42 Å². The predicted octanol–water partition coefficient (Wildman–Crippen LogP) is 2.85. The van der Waals surface area contributed by atoms with E-state index in [1.165, 1.54) is 6.33 Å². The second-order valence-electron chi connectivity index (χ2n) is 7.16. The molecule has 1 aliphatic carbocycles. The standard InChI is InChI=1S/C18H21IN4O3S/c1-11-2-4-14(5-3-11)27(24,25)26-9-12-6-13(7-12)23-8-15(19)16-17(20)21-10-22-18(16)23/h2-5,10,12-13,15H,6-9H2,1H3,(H2,20,21,22)/t12-,13+,15?. The van der Waals surface area contributed by atoms with Gasteiger partial charge in [0.05, 0.1) is 21.0 Å². The normalized spacial score (nSPS) is 24.5. The molecule has 144 valence electrons. The summed E-state index contributed by atoms with van der Waals surface area (Å²) in [5.41, 5.74) is 8.03. The van der Waals surface area contributed by atoms with Crippen molar-refractivity contribution in [2.24, 2.45) is 5.92 Å². The first-order valence-electron chi connectivity index (χ1n) is 8.82. The van der Waals surface area contributed by atoms with Crippen molar-refractivity contribution in [2.75, 3.05) is 23.8 Å². The number of anilines is 2. The Morgan fingerprint density at radius 1 is 1.26 bits per heavy atom. The van der Waals surface area contributed by atoms with E-state index < -0.39 is 10.1 Å². The summed E-state index contributed by atoms with van der Waals surface area (Å²) in [5, 5.41) is 0. The largest absolute Gasteiger partial charge is 0.383 e. The molecular weight excluding hydrogens is 479 g/mol. The fourth-order valence-electron chi connectivity index (χ4n) is 3.65. The Morgan fingerprint density at radius 3 is 2.67 bits per heavy atom. The molecule has 0 amide bonds. The molecule has 0 spiro atoms. The van der Waals surface area contributed by atoms with E-state index in [0.717, 1.165) is 36.3 Å². The van der Waals surface area contributed by atoms with E-state index in [-0.39, 0.29) is 21.3 Å². The first kappa shape index (κ1) is 18.9. The van der Waals surface area contributed by atoms with Crippen molar-refractivity contribution >= 4 is 44.3 Å². The van der Waals surface area contributed by atoms with Gasteiger partial charge < -0.3 is 10.6 Å². The Bertz CT molecular complexity index is 946. The summed E-state index contributed by atoms with van der Waals surface area (Å²) in [6.07, 6.45) is 3.27. The zero-order valence-corrected chi connectivity index (χ0v) is 17.9. The lowest BCUT2D eigenvalue weighted by molar-refractivity contribution is 0.159. The molecule has 2 heterocycles. The van der Waals surface area contributed by atoms with E-state index in [2.05, 4.69) is 37.5 Å². The van der Waals surface area contributed by atoms with Gasteiger partial charge in [0.2, 0.25) is 0 Å². The van der Waals surface area contributed by atoms with Crippen LogP contribution in [0.1, 0.15) is 27.9 Å². The van der Waals surface area contributed by atoms with Gasteiger partial charge in [0.1, 0.15) is 18.0 Å². The molecule has 1 unspecified atom stereocenters. The summed E-state index contributed by atoms with van der Waals surface area (Å²) in [6, 6.07) is 7.05. The molecule has 0 radical (unpaired) electrons. The Balaban J connectivity index is 1.35. The minimum Gasteiger partial charge on any atom is -0.383 e. The van der Waals surface area contributed by atoms with Gasteiger partial charge in [-0.05, 0) is 37.8 Å². The van der Waals surface area contributed by atoms with Gasteiger partial charge in [-0.25, -0.2) is 9.97 Å². The van der Waals surface area contributed by atoms with Crippen LogP contribution in [0.5, 0.6) is 0 Å². The highest BCUT2D eigenvalue weighted by atomic mass is 127. The SMILES string of the molecule is Cc1ccc(S(=O)(=O)OC[C@H]2C[C@@H](N3CC(I)c4c(N)ncnc43)C2)cc1. The van der Waals surface area contributed by atoms with Gasteiger partial charge in [0.15, 0.2) is 0 Å². The zero-order valence-electron chi connectivity index (χ0n) is 14.9. The molecule has 9 heteroatoms. The highest BCUT2D eigenvalue weighted by molar-refractivity contribution is 14.1. The third-order valence-electron chi connectivity index (χ3n) is 5.26. The number of aryl methyl sites for hydroxylation is 1. The number of aromatic nitrogens is 2. The maximum Gasteiger partial charge on any atom is 0.296 e. The highest BCUT2D eigenvalue weighted by Gasteiger charge is 2.41. The van der Waals surface area contributed by atoms with Crippen molar-refractivity contribution in [3.8, 4) is 0 Å². The van der Waals surface area contributed by atoms with Crippen LogP contribution in [0.2, 0.25) is 0 Å². The van der Waals surface area contributed by atoms with Crippen LogP contribution >= 0.6 is 22.6 Å². The van der Waals surface area contributed by atoms with Gasteiger partial charge in [0, 0.05) is 12.6 Å². The molecule has 4 rings (SSSR count). The molecule has 1 atom stereocenters. The van der Waals surface area contributed by atoms with Crippen molar-refractivity contribution in [3.05, 3.63) is 41.7 Å². The van der Waals surface area contributed by atoms with Gasteiger partial charge >= 0.3 is 0 Å². The summed E-state index contributed by atoms with van der Waals surface area (Å²) < 4.78 is 30.2. The lowest BCUT2D eigenvalue weighted by Gasteiger charge is -2.41. The number of hydrogen-bond acceptors (Lipinski definition) is 7. The molecule has 1 aliphatic heterocycles. The molecule has 27 heavy (non-hydrogen) atoms. The predicted molar refractivity (Wildman–Crippen MR) is 111 cm³/mol. The quantitative estimate of drug-likeness (QED) is 0.383. The van der Waals surface area contributed by atoms with E-state index in [1.54, 1.807) is 24.3 Å². The average molecular weight is 500 g/mol. The monoisotopic (exact) mass is 500 g/mol. The summed E-state index contributed by atoms with van der Waals surface area (Å²) in [6.45, 7) is 2.99. The number of alkyl halides is 1. The Morgan fingerprint density at radius 2 is 1.96 bits per heavy atom. The lowest BCUT2D eigenvalue weighted by Crippen LogP contribution is -2.46. The van der Waals surface area contributed by atoms with Gasteiger partial charge in [-0.2, -0.15) is 8.42 Å². The van der Waals surface area contributed by atoms with Crippen LogP contribution in [0.3, 0.4) is 0 Å². The highest BCUT2D eigenvalue weighted by Crippen LogP contribution is 2.46. The van der Waals surface area contributed by atoms with Gasteiger partial charge in [-0.15, -0.1) is 0 Å². The fraction of sp³-hybridized carbons (Fsp3) is 0.444. The van der Waals surface area contributed by atoms with Crippen molar-refractivity contribution in [2.45, 2.75) is 34.6 Å². The minimum absolute atomic E-state index is 0.206. The summed E-state index contributed by atoms with van der Waals surface area (Å²) in [5.74, 6) is 1.69. The number of nitrogens with two attached hydrogens (primary N) is 1. The van der Waals surface area contributed by atoms with E-state index in [1.807, 2.05) is 6.92 Å². The first-order valence-corrected chi connectivity index (χ1v) is 11.5. The van der Waals surface area contributed by atoms with E-state index in [0.29, 0.717) is 11.9 Å². The van der Waals surface area contributed by atoms with Crippen molar-refractivity contribution < 1.29 is 12.6 Å². The number of nitrogen functional groups attached to an aromatic ring is 1. The van der Waals surface area contributed by atoms with Gasteiger partial charge in [-0.1, -0.05) is 40.3 Å². The van der Waals surface area contributed by atoms with Crippen molar-refractivity contribution in [1.29, 1.82) is 0 Å². The summed E-state index contributed by atoms with van der Waals surface area (Å²) >= 11 is 2.37. The smallest absolute Gasteiger partial charge is 0.296 e. The molecule has 1 aromatic heterocycles. The molecule has 7 nitrogen and oxygen atoms in total. The van der Waals surface area contributed by atoms with Gasteiger partial charge in [0.25, 0.3) is 10.1 Å². The molecule has 1 aromatic carbocycles. The molecule has 2 aliphatic rings. The summed E-state index contributed by atoms with van der Waals surface area (Å²) in [7, 11) is -3.70. The maximum absolute atomic E-state index is 12.3. The van der Waals surface area contributed by atoms with E-state index in [4.69, 9.17) is 9.92 Å². The number of rotatable bonds is 5. The third kappa shape index (κ3) is 3.64. The fourth-order valence-corrected chi connectivity index (χ4v) is 5.65. The molecule has 2 aromatic rings. The van der Waals surface area contributed by atoms with Crippen LogP contribution in [0.4, 0.5) is 11.6 Å². The Labute approximate surface area is 172 Å². The molecule has 1 saturated carbocycles. The summed E-state index contributed by atoms with van der Waals surface area (Å²) in [4.78, 5) is 11.0. The molecule has 1 fully saturated rings. The van der Waals surface area contributed by atoms with Crippen LogP contribution < -0.4 is 10.6 Å². The second-order valence-corrected chi connectivity index (χ2v) is 10.3. The topological polar surface area (TPSA) is 98.4 Å². The molecule has 0 bridgehead atoms. The maximum atomic E-state index is 12.3. The van der Waals surface area contributed by atoms with Crippen LogP contribution in [0, 0.1) is 12.8 Å². The van der Waals surface area contributed by atoms with Crippen LogP contribution in [-0.4, -0.2) is 37.6 Å².